The zero-order chi connectivity index (χ0) is 12.5. The summed E-state index contributed by atoms with van der Waals surface area (Å²) in [5.41, 5.74) is 0.978. The zero-order valence-corrected chi connectivity index (χ0v) is 10.3. The number of rotatable bonds is 2. The van der Waals surface area contributed by atoms with E-state index >= 15 is 0 Å². The molecule has 6 nitrogen and oxygen atoms in total. The van der Waals surface area contributed by atoms with Crippen molar-refractivity contribution in [3.63, 3.8) is 0 Å². The van der Waals surface area contributed by atoms with Crippen molar-refractivity contribution in [3.8, 4) is 0 Å². The van der Waals surface area contributed by atoms with Crippen LogP contribution in [0, 0.1) is 6.92 Å². The molecule has 0 atom stereocenters. The summed E-state index contributed by atoms with van der Waals surface area (Å²) >= 11 is 1.44. The summed E-state index contributed by atoms with van der Waals surface area (Å²) < 4.78 is 0. The van der Waals surface area contributed by atoms with Crippen molar-refractivity contribution in [1.82, 2.24) is 20.2 Å². The fourth-order valence-electron chi connectivity index (χ4n) is 1.59. The van der Waals surface area contributed by atoms with Crippen molar-refractivity contribution >= 4 is 34.1 Å². The van der Waals surface area contributed by atoms with Crippen molar-refractivity contribution in [2.75, 3.05) is 5.32 Å². The average Bonchev–Trinajstić information content (AvgIpc) is 2.97. The summed E-state index contributed by atoms with van der Waals surface area (Å²) in [5.74, 6) is 0.280. The molecule has 0 aliphatic carbocycles. The van der Waals surface area contributed by atoms with Crippen LogP contribution in [0.3, 0.4) is 0 Å². The van der Waals surface area contributed by atoms with Gasteiger partial charge >= 0.3 is 0 Å². The van der Waals surface area contributed by atoms with Crippen LogP contribution < -0.4 is 5.32 Å². The third kappa shape index (κ3) is 1.84. The van der Waals surface area contributed by atoms with E-state index < -0.39 is 0 Å². The summed E-state index contributed by atoms with van der Waals surface area (Å²) in [5, 5.41) is 12.9. The molecule has 1 amide bonds. The molecule has 0 unspecified atom stereocenters. The second kappa shape index (κ2) is 4.19. The highest BCUT2D eigenvalue weighted by molar-refractivity contribution is 7.09. The maximum Gasteiger partial charge on any atom is 0.276 e. The van der Waals surface area contributed by atoms with Gasteiger partial charge in [-0.1, -0.05) is 0 Å². The molecule has 0 fully saturated rings. The van der Waals surface area contributed by atoms with Crippen molar-refractivity contribution < 1.29 is 4.79 Å². The second-order valence-corrected chi connectivity index (χ2v) is 4.74. The third-order valence-electron chi connectivity index (χ3n) is 2.42. The summed E-state index contributed by atoms with van der Waals surface area (Å²) in [7, 11) is 0. The highest BCUT2D eigenvalue weighted by Crippen LogP contribution is 2.18. The average molecular weight is 259 g/mol. The lowest BCUT2D eigenvalue weighted by atomic mass is 10.3. The lowest BCUT2D eigenvalue weighted by Crippen LogP contribution is -2.12. The standard InChI is InChI=1S/C11H9N5OS/c1-6-13-8(5-18-6)11(17)14-10-7-3-2-4-12-9(7)15-16-10/h2-5H,1H3,(H2,12,14,15,16,17). The van der Waals surface area contributed by atoms with Crippen LogP contribution in [0.2, 0.25) is 0 Å². The number of aromatic nitrogens is 4. The van der Waals surface area contributed by atoms with Crippen LogP contribution >= 0.6 is 11.3 Å². The molecule has 0 saturated carbocycles. The normalized spacial score (nSPS) is 10.7. The van der Waals surface area contributed by atoms with E-state index in [-0.39, 0.29) is 5.91 Å². The van der Waals surface area contributed by atoms with Crippen LogP contribution in [-0.4, -0.2) is 26.1 Å². The van der Waals surface area contributed by atoms with Gasteiger partial charge in [0.05, 0.1) is 10.4 Å². The number of amides is 1. The lowest BCUT2D eigenvalue weighted by Gasteiger charge is -1.99. The molecule has 0 aromatic carbocycles. The molecule has 3 aromatic heterocycles. The van der Waals surface area contributed by atoms with E-state index in [2.05, 4.69) is 25.5 Å². The number of hydrogen-bond donors (Lipinski definition) is 2. The first-order chi connectivity index (χ1) is 8.74. The Labute approximate surface area is 106 Å². The largest absolute Gasteiger partial charge is 0.305 e. The van der Waals surface area contributed by atoms with Gasteiger partial charge in [-0.2, -0.15) is 5.10 Å². The van der Waals surface area contributed by atoms with Crippen LogP contribution in [0.15, 0.2) is 23.7 Å². The van der Waals surface area contributed by atoms with Gasteiger partial charge in [-0.05, 0) is 19.1 Å². The highest BCUT2D eigenvalue weighted by Gasteiger charge is 2.13. The van der Waals surface area contributed by atoms with Crippen LogP contribution in [0.4, 0.5) is 5.82 Å². The SMILES string of the molecule is Cc1nc(C(=O)Nc2[nH]nc3ncccc23)cs1. The van der Waals surface area contributed by atoms with Gasteiger partial charge in [-0.15, -0.1) is 11.3 Å². The van der Waals surface area contributed by atoms with E-state index in [1.54, 1.807) is 17.6 Å². The Hall–Kier alpha value is -2.28. The topological polar surface area (TPSA) is 83.6 Å². The minimum Gasteiger partial charge on any atom is -0.305 e. The van der Waals surface area contributed by atoms with E-state index in [1.807, 2.05) is 13.0 Å². The van der Waals surface area contributed by atoms with Gasteiger partial charge in [0.25, 0.3) is 5.91 Å². The maximum atomic E-state index is 11.9. The molecule has 0 radical (unpaired) electrons. The summed E-state index contributed by atoms with van der Waals surface area (Å²) in [6, 6.07) is 3.63. The number of carbonyl (C=O) groups excluding carboxylic acids is 1. The number of pyridine rings is 1. The minimum atomic E-state index is -0.256. The van der Waals surface area contributed by atoms with E-state index in [4.69, 9.17) is 0 Å². The van der Waals surface area contributed by atoms with Crippen LogP contribution in [0.1, 0.15) is 15.5 Å². The molecule has 18 heavy (non-hydrogen) atoms. The van der Waals surface area contributed by atoms with Gasteiger partial charge in [0.15, 0.2) is 5.65 Å². The number of anilines is 1. The number of carbonyl (C=O) groups is 1. The Morgan fingerprint density at radius 1 is 1.50 bits per heavy atom. The predicted molar refractivity (Wildman–Crippen MR) is 68.7 cm³/mol. The molecule has 2 N–H and O–H groups in total. The Bertz CT molecular complexity index is 717. The molecule has 0 spiro atoms. The van der Waals surface area contributed by atoms with Gasteiger partial charge in [-0.3, -0.25) is 9.89 Å². The molecule has 3 heterocycles. The van der Waals surface area contributed by atoms with Crippen molar-refractivity contribution in [3.05, 3.63) is 34.4 Å². The number of H-pyrrole nitrogens is 1. The van der Waals surface area contributed by atoms with E-state index in [1.165, 1.54) is 11.3 Å². The first-order valence-corrected chi connectivity index (χ1v) is 6.14. The first kappa shape index (κ1) is 10.8. The van der Waals surface area contributed by atoms with E-state index in [0.717, 1.165) is 10.4 Å². The van der Waals surface area contributed by atoms with Crippen molar-refractivity contribution in [2.45, 2.75) is 6.92 Å². The molecule has 0 aliphatic rings. The number of nitrogens with one attached hydrogen (secondary N) is 2. The number of fused-ring (bicyclic) bond motifs is 1. The number of nitrogens with zero attached hydrogens (tertiary/aromatic N) is 3. The third-order valence-corrected chi connectivity index (χ3v) is 3.19. The lowest BCUT2D eigenvalue weighted by molar-refractivity contribution is 0.102. The number of aromatic amines is 1. The Balaban J connectivity index is 1.90. The zero-order valence-electron chi connectivity index (χ0n) is 9.47. The Morgan fingerprint density at radius 3 is 3.17 bits per heavy atom. The fraction of sp³-hybridized carbons (Fsp3) is 0.0909. The van der Waals surface area contributed by atoms with Crippen LogP contribution in [0.5, 0.6) is 0 Å². The number of hydrogen-bond acceptors (Lipinski definition) is 5. The smallest absolute Gasteiger partial charge is 0.276 e. The van der Waals surface area contributed by atoms with Gasteiger partial charge in [0, 0.05) is 11.6 Å². The highest BCUT2D eigenvalue weighted by atomic mass is 32.1. The molecule has 0 saturated heterocycles. The first-order valence-electron chi connectivity index (χ1n) is 5.26. The van der Waals surface area contributed by atoms with Crippen molar-refractivity contribution in [1.29, 1.82) is 0 Å². The molecule has 0 aliphatic heterocycles. The maximum absolute atomic E-state index is 11.9. The molecule has 3 aromatic rings. The number of aryl methyl sites for hydroxylation is 1. The predicted octanol–water partition coefficient (Wildman–Crippen LogP) is 1.98. The van der Waals surface area contributed by atoms with Crippen molar-refractivity contribution in [2.24, 2.45) is 0 Å². The molecular weight excluding hydrogens is 250 g/mol. The summed E-state index contributed by atoms with van der Waals surface area (Å²) in [6.07, 6.45) is 1.65. The van der Waals surface area contributed by atoms with E-state index in [0.29, 0.717) is 17.2 Å². The van der Waals surface area contributed by atoms with E-state index in [9.17, 15) is 4.79 Å². The molecule has 3 rings (SSSR count). The van der Waals surface area contributed by atoms with Gasteiger partial charge in [0.1, 0.15) is 11.5 Å². The number of thiazole rings is 1. The summed E-state index contributed by atoms with van der Waals surface area (Å²) in [4.78, 5) is 20.1. The second-order valence-electron chi connectivity index (χ2n) is 3.68. The van der Waals surface area contributed by atoms with Gasteiger partial charge in [-0.25, -0.2) is 9.97 Å². The van der Waals surface area contributed by atoms with Crippen LogP contribution in [-0.2, 0) is 0 Å². The minimum absolute atomic E-state index is 0.256. The Morgan fingerprint density at radius 2 is 2.39 bits per heavy atom. The van der Waals surface area contributed by atoms with Crippen LogP contribution in [0.25, 0.3) is 11.0 Å². The Kier molecular flexibility index (Phi) is 2.52. The quantitative estimate of drug-likeness (QED) is 0.737. The molecule has 90 valence electrons. The monoisotopic (exact) mass is 259 g/mol. The molecule has 0 bridgehead atoms. The van der Waals surface area contributed by atoms with Gasteiger partial charge in [0.2, 0.25) is 0 Å². The summed E-state index contributed by atoms with van der Waals surface area (Å²) in [6.45, 7) is 1.86. The van der Waals surface area contributed by atoms with Gasteiger partial charge < -0.3 is 5.32 Å². The fourth-order valence-corrected chi connectivity index (χ4v) is 2.18. The molecular formula is C11H9N5OS. The molecule has 7 heteroatoms.